The van der Waals surface area contributed by atoms with Crippen LogP contribution in [0.4, 0.5) is 5.82 Å². The molecular formula is C24H26N4OS. The van der Waals surface area contributed by atoms with Crippen molar-refractivity contribution in [1.29, 1.82) is 0 Å². The first-order valence-electron chi connectivity index (χ1n) is 10.3. The van der Waals surface area contributed by atoms with Crippen molar-refractivity contribution in [2.75, 3.05) is 18.0 Å². The van der Waals surface area contributed by atoms with Gasteiger partial charge in [0.15, 0.2) is 5.82 Å². The molecule has 1 saturated heterocycles. The Bertz CT molecular complexity index is 967. The van der Waals surface area contributed by atoms with E-state index >= 15 is 0 Å². The number of amides is 1. The summed E-state index contributed by atoms with van der Waals surface area (Å²) in [4.78, 5) is 25.5. The lowest BCUT2D eigenvalue weighted by Crippen LogP contribution is -2.44. The predicted octanol–water partition coefficient (Wildman–Crippen LogP) is 4.72. The molecule has 0 unspecified atom stereocenters. The standard InChI is InChI=1S/C24H26N4OS/c1-18(19-9-4-2-5-10-19)27-23(29)20-11-8-16-28(17-20)22-24(26-15-14-25-22)30-21-12-6-3-7-13-21/h2-7,9-10,12-15,18,20H,8,11,16-17H2,1H3,(H,27,29)/t18-,20+/m0/s1. The number of piperidine rings is 1. The molecule has 1 aliphatic heterocycles. The molecule has 30 heavy (non-hydrogen) atoms. The maximum Gasteiger partial charge on any atom is 0.225 e. The molecule has 0 bridgehead atoms. The van der Waals surface area contributed by atoms with Gasteiger partial charge in [-0.05, 0) is 37.5 Å². The molecule has 154 valence electrons. The van der Waals surface area contributed by atoms with Gasteiger partial charge in [0.2, 0.25) is 5.91 Å². The number of nitrogens with zero attached hydrogens (tertiary/aromatic N) is 3. The molecule has 4 rings (SSSR count). The van der Waals surface area contributed by atoms with Crippen LogP contribution in [0.5, 0.6) is 0 Å². The predicted molar refractivity (Wildman–Crippen MR) is 121 cm³/mol. The largest absolute Gasteiger partial charge is 0.354 e. The molecule has 3 aromatic rings. The maximum atomic E-state index is 13.0. The van der Waals surface area contributed by atoms with E-state index < -0.39 is 0 Å². The molecule has 1 aliphatic rings. The number of benzene rings is 2. The van der Waals surface area contributed by atoms with E-state index in [2.05, 4.69) is 32.3 Å². The van der Waals surface area contributed by atoms with Crippen molar-refractivity contribution in [3.05, 3.63) is 78.6 Å². The molecule has 0 spiro atoms. The highest BCUT2D eigenvalue weighted by Crippen LogP contribution is 2.34. The van der Waals surface area contributed by atoms with Gasteiger partial charge < -0.3 is 10.2 Å². The van der Waals surface area contributed by atoms with E-state index in [9.17, 15) is 4.79 Å². The zero-order chi connectivity index (χ0) is 20.8. The van der Waals surface area contributed by atoms with Crippen molar-refractivity contribution < 1.29 is 4.79 Å². The monoisotopic (exact) mass is 418 g/mol. The number of anilines is 1. The number of rotatable bonds is 6. The quantitative estimate of drug-likeness (QED) is 0.628. The van der Waals surface area contributed by atoms with Gasteiger partial charge in [-0.25, -0.2) is 9.97 Å². The van der Waals surface area contributed by atoms with Crippen molar-refractivity contribution in [2.45, 2.75) is 35.7 Å². The van der Waals surface area contributed by atoms with Gasteiger partial charge in [-0.1, -0.05) is 60.3 Å². The smallest absolute Gasteiger partial charge is 0.225 e. The van der Waals surface area contributed by atoms with Gasteiger partial charge in [0.05, 0.1) is 12.0 Å². The lowest BCUT2D eigenvalue weighted by atomic mass is 9.96. The van der Waals surface area contributed by atoms with E-state index in [1.165, 1.54) is 0 Å². The molecule has 0 saturated carbocycles. The Labute approximate surface area is 181 Å². The van der Waals surface area contributed by atoms with Gasteiger partial charge in [0.25, 0.3) is 0 Å². The van der Waals surface area contributed by atoms with Crippen LogP contribution in [0, 0.1) is 5.92 Å². The fourth-order valence-electron chi connectivity index (χ4n) is 3.75. The zero-order valence-corrected chi connectivity index (χ0v) is 17.9. The topological polar surface area (TPSA) is 58.1 Å². The molecule has 5 nitrogen and oxygen atoms in total. The van der Waals surface area contributed by atoms with Gasteiger partial charge in [0, 0.05) is 30.4 Å². The average molecular weight is 419 g/mol. The Kier molecular flexibility index (Phi) is 6.64. The number of nitrogens with one attached hydrogen (secondary N) is 1. The molecule has 0 aliphatic carbocycles. The van der Waals surface area contributed by atoms with Crippen LogP contribution in [0.15, 0.2) is 83.0 Å². The summed E-state index contributed by atoms with van der Waals surface area (Å²) in [7, 11) is 0. The minimum absolute atomic E-state index is 0.00482. The van der Waals surface area contributed by atoms with Gasteiger partial charge in [-0.3, -0.25) is 4.79 Å². The first-order chi connectivity index (χ1) is 14.7. The minimum Gasteiger partial charge on any atom is -0.354 e. The molecular weight excluding hydrogens is 392 g/mol. The molecule has 1 fully saturated rings. The molecule has 2 heterocycles. The highest BCUT2D eigenvalue weighted by molar-refractivity contribution is 7.99. The van der Waals surface area contributed by atoms with Crippen molar-refractivity contribution in [2.24, 2.45) is 5.92 Å². The van der Waals surface area contributed by atoms with Gasteiger partial charge in [-0.2, -0.15) is 0 Å². The van der Waals surface area contributed by atoms with Crippen LogP contribution < -0.4 is 10.2 Å². The Morgan fingerprint density at radius 1 is 1.07 bits per heavy atom. The summed E-state index contributed by atoms with van der Waals surface area (Å²) >= 11 is 1.61. The normalized spacial score (nSPS) is 17.4. The van der Waals surface area contributed by atoms with E-state index in [0.717, 1.165) is 40.7 Å². The van der Waals surface area contributed by atoms with Crippen molar-refractivity contribution in [3.8, 4) is 0 Å². The van der Waals surface area contributed by atoms with Gasteiger partial charge >= 0.3 is 0 Å². The number of hydrogen-bond donors (Lipinski definition) is 1. The third-order valence-electron chi connectivity index (χ3n) is 5.35. The van der Waals surface area contributed by atoms with E-state index in [1.807, 2.05) is 55.5 Å². The lowest BCUT2D eigenvalue weighted by Gasteiger charge is -2.34. The maximum absolute atomic E-state index is 13.0. The summed E-state index contributed by atoms with van der Waals surface area (Å²) in [5.74, 6) is 0.915. The van der Waals surface area contributed by atoms with Crippen molar-refractivity contribution in [3.63, 3.8) is 0 Å². The van der Waals surface area contributed by atoms with Crippen molar-refractivity contribution >= 4 is 23.5 Å². The van der Waals surface area contributed by atoms with Gasteiger partial charge in [-0.15, -0.1) is 0 Å². The second kappa shape index (κ2) is 9.76. The lowest BCUT2D eigenvalue weighted by molar-refractivity contribution is -0.125. The second-order valence-electron chi connectivity index (χ2n) is 7.53. The summed E-state index contributed by atoms with van der Waals surface area (Å²) in [5, 5.41) is 4.06. The molecule has 6 heteroatoms. The zero-order valence-electron chi connectivity index (χ0n) is 17.1. The first-order valence-corrected chi connectivity index (χ1v) is 11.2. The van der Waals surface area contributed by atoms with Crippen LogP contribution in [0.25, 0.3) is 0 Å². The van der Waals surface area contributed by atoms with Crippen LogP contribution in [0.3, 0.4) is 0 Å². The van der Waals surface area contributed by atoms with Gasteiger partial charge in [0.1, 0.15) is 5.03 Å². The minimum atomic E-state index is -0.0542. The second-order valence-corrected chi connectivity index (χ2v) is 8.59. The number of carbonyl (C=O) groups excluding carboxylic acids is 1. The summed E-state index contributed by atoms with van der Waals surface area (Å²) < 4.78 is 0. The van der Waals surface area contributed by atoms with E-state index in [0.29, 0.717) is 6.54 Å². The van der Waals surface area contributed by atoms with E-state index in [1.54, 1.807) is 24.2 Å². The summed E-state index contributed by atoms with van der Waals surface area (Å²) in [6.07, 6.45) is 5.31. The summed E-state index contributed by atoms with van der Waals surface area (Å²) in [6.45, 7) is 3.58. The molecule has 0 radical (unpaired) electrons. The Hall–Kier alpha value is -2.86. The van der Waals surface area contributed by atoms with Crippen molar-refractivity contribution in [1.82, 2.24) is 15.3 Å². The third-order valence-corrected chi connectivity index (χ3v) is 6.34. The number of carbonyl (C=O) groups is 1. The Balaban J connectivity index is 1.45. The fraction of sp³-hybridized carbons (Fsp3) is 0.292. The van der Waals surface area contributed by atoms with Crippen LogP contribution >= 0.6 is 11.8 Å². The molecule has 2 aromatic carbocycles. The Morgan fingerprint density at radius 2 is 1.77 bits per heavy atom. The fourth-order valence-corrected chi connectivity index (χ4v) is 4.65. The Morgan fingerprint density at radius 3 is 2.53 bits per heavy atom. The van der Waals surface area contributed by atoms with Crippen LogP contribution in [-0.2, 0) is 4.79 Å². The van der Waals surface area contributed by atoms with Crippen LogP contribution in [-0.4, -0.2) is 29.0 Å². The highest BCUT2D eigenvalue weighted by atomic mass is 32.2. The average Bonchev–Trinajstić information content (AvgIpc) is 2.81. The first kappa shape index (κ1) is 20.4. The van der Waals surface area contributed by atoms with E-state index in [4.69, 9.17) is 0 Å². The van der Waals surface area contributed by atoms with Crippen LogP contribution in [0.1, 0.15) is 31.4 Å². The summed E-state index contributed by atoms with van der Waals surface area (Å²) in [6, 6.07) is 20.3. The molecule has 1 N–H and O–H groups in total. The highest BCUT2D eigenvalue weighted by Gasteiger charge is 2.29. The summed E-state index contributed by atoms with van der Waals surface area (Å²) in [5.41, 5.74) is 1.12. The molecule has 2 atom stereocenters. The molecule has 1 amide bonds. The number of aromatic nitrogens is 2. The number of hydrogen-bond acceptors (Lipinski definition) is 5. The SMILES string of the molecule is C[C@H](NC(=O)[C@@H]1CCCN(c2nccnc2Sc2ccccc2)C1)c1ccccc1. The molecule has 1 aromatic heterocycles. The third kappa shape index (κ3) is 5.00. The van der Waals surface area contributed by atoms with E-state index in [-0.39, 0.29) is 17.9 Å². The van der Waals surface area contributed by atoms with Crippen LogP contribution in [0.2, 0.25) is 0 Å².